The van der Waals surface area contributed by atoms with Gasteiger partial charge >= 0.3 is 0 Å². The van der Waals surface area contributed by atoms with Crippen LogP contribution in [0.5, 0.6) is 0 Å². The van der Waals surface area contributed by atoms with Gasteiger partial charge in [0, 0.05) is 31.0 Å². The van der Waals surface area contributed by atoms with E-state index < -0.39 is 0 Å². The van der Waals surface area contributed by atoms with Crippen LogP contribution in [0.3, 0.4) is 0 Å². The Morgan fingerprint density at radius 2 is 1.84 bits per heavy atom. The molecule has 1 saturated heterocycles. The topological polar surface area (TPSA) is 78.5 Å². The first kappa shape index (κ1) is 21.6. The molecule has 3 amide bonds. The van der Waals surface area contributed by atoms with Gasteiger partial charge in [-0.2, -0.15) is 0 Å². The molecule has 4 rings (SSSR count). The highest BCUT2D eigenvalue weighted by Crippen LogP contribution is 2.28. The van der Waals surface area contributed by atoms with Crippen molar-refractivity contribution in [3.63, 3.8) is 0 Å². The van der Waals surface area contributed by atoms with Gasteiger partial charge in [0.05, 0.1) is 12.5 Å². The predicted octanol–water partition coefficient (Wildman–Crippen LogP) is 2.78. The minimum absolute atomic E-state index is 0.00145. The number of nitrogens with one attached hydrogen (secondary N) is 2. The van der Waals surface area contributed by atoms with Gasteiger partial charge in [0.2, 0.25) is 17.7 Å². The molecule has 0 bridgehead atoms. The summed E-state index contributed by atoms with van der Waals surface area (Å²) in [5.41, 5.74) is 4.43. The first-order valence-electron chi connectivity index (χ1n) is 10.7. The van der Waals surface area contributed by atoms with Crippen molar-refractivity contribution in [2.45, 2.75) is 56.8 Å². The number of nitrogens with zero attached hydrogens (tertiary/aromatic N) is 1. The molecule has 2 N–H and O–H groups in total. The predicted molar refractivity (Wildman–Crippen MR) is 120 cm³/mol. The Bertz CT molecular complexity index is 990. The number of rotatable bonds is 7. The van der Waals surface area contributed by atoms with Crippen LogP contribution in [0.2, 0.25) is 0 Å². The van der Waals surface area contributed by atoms with Crippen LogP contribution in [0.1, 0.15) is 42.0 Å². The van der Waals surface area contributed by atoms with Crippen molar-refractivity contribution in [3.8, 4) is 0 Å². The highest BCUT2D eigenvalue weighted by molar-refractivity contribution is 7.99. The summed E-state index contributed by atoms with van der Waals surface area (Å²) >= 11 is 1.79. The van der Waals surface area contributed by atoms with Crippen LogP contribution < -0.4 is 10.6 Å². The number of piperidine rings is 1. The normalized spacial score (nSPS) is 18.5. The molecule has 2 aromatic carbocycles. The molecule has 7 heteroatoms. The molecule has 0 spiro atoms. The highest BCUT2D eigenvalue weighted by Gasteiger charge is 2.34. The first-order valence-corrected chi connectivity index (χ1v) is 11.7. The number of imide groups is 1. The van der Waals surface area contributed by atoms with E-state index in [0.29, 0.717) is 38.9 Å². The Hall–Kier alpha value is -2.64. The lowest BCUT2D eigenvalue weighted by Gasteiger charge is -2.29. The number of fused-ring (bicyclic) bond motifs is 1. The van der Waals surface area contributed by atoms with Crippen molar-refractivity contribution in [3.05, 3.63) is 64.7 Å². The molecule has 31 heavy (non-hydrogen) atoms. The fraction of sp³-hybridized carbons (Fsp3) is 0.375. The van der Waals surface area contributed by atoms with Crippen LogP contribution in [0.15, 0.2) is 47.4 Å². The quantitative estimate of drug-likeness (QED) is 0.514. The number of benzene rings is 2. The smallest absolute Gasteiger partial charge is 0.243 e. The Morgan fingerprint density at radius 1 is 1.10 bits per heavy atom. The molecule has 1 fully saturated rings. The molecule has 2 heterocycles. The molecule has 162 valence electrons. The average molecular weight is 438 g/mol. The Morgan fingerprint density at radius 3 is 2.58 bits per heavy atom. The molecule has 2 aliphatic heterocycles. The number of thioether (sulfide) groups is 1. The molecule has 0 aromatic heterocycles. The van der Waals surface area contributed by atoms with E-state index in [4.69, 9.17) is 0 Å². The van der Waals surface area contributed by atoms with E-state index in [2.05, 4.69) is 46.7 Å². The van der Waals surface area contributed by atoms with Crippen LogP contribution in [0.25, 0.3) is 0 Å². The van der Waals surface area contributed by atoms with Crippen molar-refractivity contribution < 1.29 is 14.4 Å². The van der Waals surface area contributed by atoms with Crippen LogP contribution in [0, 0.1) is 0 Å². The fourth-order valence-electron chi connectivity index (χ4n) is 4.15. The van der Waals surface area contributed by atoms with Crippen molar-refractivity contribution in [1.29, 1.82) is 0 Å². The SMILES string of the molecule is CCSc1ccc(CC(=O)NCc2ccc3c(c2)CN(C2CCC(=O)NC2=O)C3)cc1. The fourth-order valence-corrected chi connectivity index (χ4v) is 4.82. The summed E-state index contributed by atoms with van der Waals surface area (Å²) in [7, 11) is 0. The number of hydrogen-bond donors (Lipinski definition) is 2. The average Bonchev–Trinajstić information content (AvgIpc) is 3.17. The molecule has 2 aliphatic rings. The van der Waals surface area contributed by atoms with Gasteiger partial charge in [0.1, 0.15) is 0 Å². The maximum Gasteiger partial charge on any atom is 0.243 e. The molecule has 1 atom stereocenters. The van der Waals surface area contributed by atoms with Crippen molar-refractivity contribution in [2.24, 2.45) is 0 Å². The van der Waals surface area contributed by atoms with Gasteiger partial charge in [-0.3, -0.25) is 24.6 Å². The van der Waals surface area contributed by atoms with Crippen LogP contribution in [-0.2, 0) is 40.4 Å². The van der Waals surface area contributed by atoms with E-state index >= 15 is 0 Å². The number of carbonyl (C=O) groups excluding carboxylic acids is 3. The lowest BCUT2D eigenvalue weighted by Crippen LogP contribution is -2.50. The second-order valence-corrected chi connectivity index (χ2v) is 9.34. The van der Waals surface area contributed by atoms with Crippen molar-refractivity contribution >= 4 is 29.5 Å². The third kappa shape index (κ3) is 5.35. The van der Waals surface area contributed by atoms with Gasteiger partial charge < -0.3 is 5.32 Å². The first-order chi connectivity index (χ1) is 15.0. The second-order valence-electron chi connectivity index (χ2n) is 8.01. The summed E-state index contributed by atoms with van der Waals surface area (Å²) in [5, 5.41) is 5.44. The van der Waals surface area contributed by atoms with Gasteiger partial charge in [-0.15, -0.1) is 11.8 Å². The summed E-state index contributed by atoms with van der Waals surface area (Å²) < 4.78 is 0. The summed E-state index contributed by atoms with van der Waals surface area (Å²) in [4.78, 5) is 39.3. The number of amides is 3. The minimum atomic E-state index is -0.254. The van der Waals surface area contributed by atoms with E-state index in [0.717, 1.165) is 16.9 Å². The third-order valence-electron chi connectivity index (χ3n) is 5.76. The lowest BCUT2D eigenvalue weighted by atomic mass is 10.0. The van der Waals surface area contributed by atoms with Gasteiger partial charge in [-0.25, -0.2) is 0 Å². The standard InChI is InChI=1S/C24H27N3O3S/c1-2-31-20-7-4-16(5-8-20)12-23(29)25-13-17-3-6-18-14-27(15-19(18)11-17)21-9-10-22(28)26-24(21)30/h3-8,11,21H,2,9-10,12-15H2,1H3,(H,25,29)(H,26,28,30). The van der Waals surface area contributed by atoms with Crippen LogP contribution >= 0.6 is 11.8 Å². The second kappa shape index (κ2) is 9.66. The van der Waals surface area contributed by atoms with Crippen LogP contribution in [-0.4, -0.2) is 34.4 Å². The van der Waals surface area contributed by atoms with Crippen LogP contribution in [0.4, 0.5) is 0 Å². The Labute approximate surface area is 186 Å². The summed E-state index contributed by atoms with van der Waals surface area (Å²) in [6.45, 7) is 4.00. The molecule has 0 aliphatic carbocycles. The molecule has 2 aromatic rings. The molecular formula is C24H27N3O3S. The number of hydrogen-bond acceptors (Lipinski definition) is 5. The third-order valence-corrected chi connectivity index (χ3v) is 6.65. The lowest BCUT2D eigenvalue weighted by molar-refractivity contribution is -0.137. The number of carbonyl (C=O) groups is 3. The zero-order chi connectivity index (χ0) is 21.8. The molecule has 0 saturated carbocycles. The summed E-state index contributed by atoms with van der Waals surface area (Å²) in [5.74, 6) is 0.650. The molecular weight excluding hydrogens is 410 g/mol. The zero-order valence-electron chi connectivity index (χ0n) is 17.6. The molecule has 6 nitrogen and oxygen atoms in total. The van der Waals surface area contributed by atoms with Gasteiger partial charge in [0.15, 0.2) is 0 Å². The summed E-state index contributed by atoms with van der Waals surface area (Å²) in [6, 6.07) is 14.1. The van der Waals surface area contributed by atoms with E-state index in [1.165, 1.54) is 16.0 Å². The van der Waals surface area contributed by atoms with Gasteiger partial charge in [0.25, 0.3) is 0 Å². The van der Waals surface area contributed by atoms with E-state index in [9.17, 15) is 14.4 Å². The molecule has 1 unspecified atom stereocenters. The monoisotopic (exact) mass is 437 g/mol. The Balaban J connectivity index is 1.30. The Kier molecular flexibility index (Phi) is 6.73. The van der Waals surface area contributed by atoms with Crippen molar-refractivity contribution in [2.75, 3.05) is 5.75 Å². The highest BCUT2D eigenvalue weighted by atomic mass is 32.2. The summed E-state index contributed by atoms with van der Waals surface area (Å²) in [6.07, 6.45) is 1.33. The van der Waals surface area contributed by atoms with Gasteiger partial charge in [-0.1, -0.05) is 37.3 Å². The largest absolute Gasteiger partial charge is 0.352 e. The van der Waals surface area contributed by atoms with E-state index in [1.54, 1.807) is 11.8 Å². The van der Waals surface area contributed by atoms with Crippen molar-refractivity contribution in [1.82, 2.24) is 15.5 Å². The minimum Gasteiger partial charge on any atom is -0.352 e. The maximum atomic E-state index is 12.4. The van der Waals surface area contributed by atoms with E-state index in [-0.39, 0.29) is 23.8 Å². The van der Waals surface area contributed by atoms with E-state index in [1.807, 2.05) is 18.2 Å². The zero-order valence-corrected chi connectivity index (χ0v) is 18.5. The van der Waals surface area contributed by atoms with Gasteiger partial charge in [-0.05, 0) is 46.6 Å². The maximum absolute atomic E-state index is 12.4. The molecule has 0 radical (unpaired) electrons.